The third kappa shape index (κ3) is 3.24. The zero-order chi connectivity index (χ0) is 14.7. The van der Waals surface area contributed by atoms with Crippen molar-refractivity contribution >= 4 is 5.69 Å². The lowest BCUT2D eigenvalue weighted by molar-refractivity contribution is 0.171. The molecule has 0 aromatic heterocycles. The predicted octanol–water partition coefficient (Wildman–Crippen LogP) is 3.19. The Balaban J connectivity index is 1.66. The van der Waals surface area contributed by atoms with Crippen LogP contribution in [0.25, 0.3) is 0 Å². The maximum Gasteiger partial charge on any atom is 0.0807 e. The molecule has 116 valence electrons. The second-order valence-electron chi connectivity index (χ2n) is 6.44. The summed E-state index contributed by atoms with van der Waals surface area (Å²) in [5, 5.41) is 10.2. The number of hydrogen-bond donors (Lipinski definition) is 1. The van der Waals surface area contributed by atoms with Gasteiger partial charge in [-0.2, -0.15) is 0 Å². The molecule has 2 aliphatic rings. The maximum absolute atomic E-state index is 10.2. The zero-order valence-electron chi connectivity index (χ0n) is 13.2. The first-order valence-corrected chi connectivity index (χ1v) is 8.55. The number of piperazine rings is 1. The minimum atomic E-state index is -0.339. The van der Waals surface area contributed by atoms with Gasteiger partial charge in [0.15, 0.2) is 0 Å². The van der Waals surface area contributed by atoms with Crippen LogP contribution >= 0.6 is 0 Å². The molecule has 0 bridgehead atoms. The van der Waals surface area contributed by atoms with Crippen LogP contribution in [0.3, 0.4) is 0 Å². The van der Waals surface area contributed by atoms with E-state index in [-0.39, 0.29) is 6.10 Å². The summed E-state index contributed by atoms with van der Waals surface area (Å²) in [6.45, 7) is 6.55. The smallest absolute Gasteiger partial charge is 0.0807 e. The summed E-state index contributed by atoms with van der Waals surface area (Å²) in [4.78, 5) is 5.14. The molecule has 2 fully saturated rings. The fraction of sp³-hybridized carbons (Fsp3) is 0.667. The molecule has 1 N–H and O–H groups in total. The van der Waals surface area contributed by atoms with Gasteiger partial charge in [-0.05, 0) is 25.3 Å². The number of para-hydroxylation sites is 1. The SMILES string of the molecule is CCC(O)c1ccccc1N1CCN(C2CCCC2)CC1. The highest BCUT2D eigenvalue weighted by molar-refractivity contribution is 5.55. The Kier molecular flexibility index (Phi) is 4.81. The molecule has 21 heavy (non-hydrogen) atoms. The van der Waals surface area contributed by atoms with Gasteiger partial charge in [0.2, 0.25) is 0 Å². The monoisotopic (exact) mass is 288 g/mol. The van der Waals surface area contributed by atoms with E-state index in [1.807, 2.05) is 13.0 Å². The molecule has 3 rings (SSSR count). The van der Waals surface area contributed by atoms with Crippen molar-refractivity contribution in [3.8, 4) is 0 Å². The van der Waals surface area contributed by atoms with Crippen LogP contribution in [0.2, 0.25) is 0 Å². The molecule has 1 aromatic rings. The third-order valence-electron chi connectivity index (χ3n) is 5.18. The van der Waals surface area contributed by atoms with E-state index in [0.29, 0.717) is 0 Å². The van der Waals surface area contributed by atoms with E-state index >= 15 is 0 Å². The first-order chi connectivity index (χ1) is 10.3. The van der Waals surface area contributed by atoms with E-state index in [2.05, 4.69) is 28.0 Å². The fourth-order valence-corrected chi connectivity index (χ4v) is 3.87. The van der Waals surface area contributed by atoms with Gasteiger partial charge < -0.3 is 10.0 Å². The fourth-order valence-electron chi connectivity index (χ4n) is 3.87. The first-order valence-electron chi connectivity index (χ1n) is 8.55. The number of aliphatic hydroxyl groups is 1. The van der Waals surface area contributed by atoms with E-state index in [9.17, 15) is 5.11 Å². The number of anilines is 1. The average molecular weight is 288 g/mol. The summed E-state index contributed by atoms with van der Waals surface area (Å²) in [5.41, 5.74) is 2.33. The van der Waals surface area contributed by atoms with Crippen molar-refractivity contribution in [1.82, 2.24) is 4.90 Å². The molecular weight excluding hydrogens is 260 g/mol. The van der Waals surface area contributed by atoms with Crippen LogP contribution in [0.5, 0.6) is 0 Å². The summed E-state index contributed by atoms with van der Waals surface area (Å²) < 4.78 is 0. The summed E-state index contributed by atoms with van der Waals surface area (Å²) in [6, 6.07) is 9.20. The molecule has 1 aromatic carbocycles. The molecule has 1 saturated heterocycles. The number of nitrogens with zero attached hydrogens (tertiary/aromatic N) is 2. The van der Waals surface area contributed by atoms with Gasteiger partial charge in [0.05, 0.1) is 6.10 Å². The van der Waals surface area contributed by atoms with Crippen molar-refractivity contribution in [2.24, 2.45) is 0 Å². The summed E-state index contributed by atoms with van der Waals surface area (Å²) in [7, 11) is 0. The highest BCUT2D eigenvalue weighted by Gasteiger charge is 2.27. The van der Waals surface area contributed by atoms with Crippen LogP contribution in [-0.4, -0.2) is 42.2 Å². The summed E-state index contributed by atoms with van der Waals surface area (Å²) >= 11 is 0. The number of aliphatic hydroxyl groups excluding tert-OH is 1. The van der Waals surface area contributed by atoms with Crippen LogP contribution in [0, 0.1) is 0 Å². The Hall–Kier alpha value is -1.06. The Bertz CT molecular complexity index is 448. The normalized spacial score (nSPS) is 22.7. The van der Waals surface area contributed by atoms with Crippen molar-refractivity contribution in [3.63, 3.8) is 0 Å². The molecule has 1 saturated carbocycles. The van der Waals surface area contributed by atoms with E-state index in [1.165, 1.54) is 44.5 Å². The number of hydrogen-bond acceptors (Lipinski definition) is 3. The second-order valence-corrected chi connectivity index (χ2v) is 6.44. The molecule has 3 nitrogen and oxygen atoms in total. The lowest BCUT2D eigenvalue weighted by Crippen LogP contribution is -2.50. The summed E-state index contributed by atoms with van der Waals surface area (Å²) in [6.07, 6.45) is 6.05. The van der Waals surface area contributed by atoms with Crippen molar-refractivity contribution < 1.29 is 5.11 Å². The minimum absolute atomic E-state index is 0.339. The Morgan fingerprint density at radius 1 is 1.10 bits per heavy atom. The van der Waals surface area contributed by atoms with Crippen LogP contribution in [0.15, 0.2) is 24.3 Å². The van der Waals surface area contributed by atoms with Gasteiger partial charge in [0.1, 0.15) is 0 Å². The van der Waals surface area contributed by atoms with Crippen LogP contribution in [0.4, 0.5) is 5.69 Å². The molecule has 1 aliphatic carbocycles. The molecule has 0 spiro atoms. The first kappa shape index (κ1) is 14.9. The van der Waals surface area contributed by atoms with E-state index in [0.717, 1.165) is 31.1 Å². The van der Waals surface area contributed by atoms with Crippen LogP contribution < -0.4 is 4.90 Å². The highest BCUT2D eigenvalue weighted by Crippen LogP contribution is 2.30. The largest absolute Gasteiger partial charge is 0.388 e. The number of rotatable bonds is 4. The Labute approximate surface area is 128 Å². The van der Waals surface area contributed by atoms with Crippen molar-refractivity contribution in [1.29, 1.82) is 0 Å². The Morgan fingerprint density at radius 2 is 1.76 bits per heavy atom. The second kappa shape index (κ2) is 6.80. The molecule has 1 atom stereocenters. The molecule has 3 heteroatoms. The third-order valence-corrected chi connectivity index (χ3v) is 5.18. The van der Waals surface area contributed by atoms with E-state index in [1.54, 1.807) is 0 Å². The molecule has 0 radical (unpaired) electrons. The molecule has 1 aliphatic heterocycles. The van der Waals surface area contributed by atoms with Gasteiger partial charge in [-0.3, -0.25) is 4.90 Å². The number of benzene rings is 1. The van der Waals surface area contributed by atoms with Gasteiger partial charge in [0.25, 0.3) is 0 Å². The molecular formula is C18H28N2O. The summed E-state index contributed by atoms with van der Waals surface area (Å²) in [5.74, 6) is 0. The van der Waals surface area contributed by atoms with E-state index < -0.39 is 0 Å². The average Bonchev–Trinajstić information content (AvgIpc) is 3.09. The zero-order valence-corrected chi connectivity index (χ0v) is 13.2. The van der Waals surface area contributed by atoms with Crippen molar-refractivity contribution in [3.05, 3.63) is 29.8 Å². The van der Waals surface area contributed by atoms with Crippen LogP contribution in [-0.2, 0) is 0 Å². The van der Waals surface area contributed by atoms with Crippen molar-refractivity contribution in [2.75, 3.05) is 31.1 Å². The molecule has 1 heterocycles. The van der Waals surface area contributed by atoms with E-state index in [4.69, 9.17) is 0 Å². The van der Waals surface area contributed by atoms with Gasteiger partial charge in [-0.25, -0.2) is 0 Å². The molecule has 0 amide bonds. The lowest BCUT2D eigenvalue weighted by Gasteiger charge is -2.40. The molecule has 1 unspecified atom stereocenters. The predicted molar refractivity (Wildman–Crippen MR) is 87.7 cm³/mol. The van der Waals surface area contributed by atoms with Crippen LogP contribution in [0.1, 0.15) is 50.7 Å². The highest BCUT2D eigenvalue weighted by atomic mass is 16.3. The standard InChI is InChI=1S/C18H28N2O/c1-2-18(21)16-9-5-6-10-17(16)20-13-11-19(12-14-20)15-7-3-4-8-15/h5-6,9-10,15,18,21H,2-4,7-8,11-14H2,1H3. The maximum atomic E-state index is 10.2. The Morgan fingerprint density at radius 3 is 2.43 bits per heavy atom. The van der Waals surface area contributed by atoms with Gasteiger partial charge >= 0.3 is 0 Å². The van der Waals surface area contributed by atoms with Crippen molar-refractivity contribution in [2.45, 2.75) is 51.2 Å². The van der Waals surface area contributed by atoms with Gasteiger partial charge in [-0.15, -0.1) is 0 Å². The minimum Gasteiger partial charge on any atom is -0.388 e. The van der Waals surface area contributed by atoms with Gasteiger partial charge in [0, 0.05) is 43.5 Å². The van der Waals surface area contributed by atoms with Gasteiger partial charge in [-0.1, -0.05) is 38.0 Å². The topological polar surface area (TPSA) is 26.7 Å². The lowest BCUT2D eigenvalue weighted by atomic mass is 10.0. The quantitative estimate of drug-likeness (QED) is 0.921.